The molecule has 0 saturated carbocycles. The van der Waals surface area contributed by atoms with Gasteiger partial charge in [-0.2, -0.15) is 5.10 Å². The van der Waals surface area contributed by atoms with Crippen molar-refractivity contribution in [2.75, 3.05) is 11.6 Å². The van der Waals surface area contributed by atoms with E-state index in [2.05, 4.69) is 5.10 Å². The average Bonchev–Trinajstić information content (AvgIpc) is 2.62. The second kappa shape index (κ2) is 6.82. The van der Waals surface area contributed by atoms with E-state index < -0.39 is 12.0 Å². The quantitative estimate of drug-likeness (QED) is 0.912. The van der Waals surface area contributed by atoms with Crippen LogP contribution in [0.25, 0.3) is 0 Å². The highest BCUT2D eigenvalue weighted by atomic mass is 16.4. The van der Waals surface area contributed by atoms with Gasteiger partial charge in [0.15, 0.2) is 0 Å². The number of anilines is 1. The summed E-state index contributed by atoms with van der Waals surface area (Å²) in [6.07, 6.45) is 2.45. The highest BCUT2D eigenvalue weighted by Gasteiger charge is 2.36. The van der Waals surface area contributed by atoms with Gasteiger partial charge in [-0.3, -0.25) is 9.59 Å². The number of amides is 2. The lowest BCUT2D eigenvalue weighted by atomic mass is 10.0. The Hall–Kier alpha value is -2.70. The van der Waals surface area contributed by atoms with E-state index in [1.165, 1.54) is 9.91 Å². The first-order chi connectivity index (χ1) is 11.6. The molecular formula is C17H19N3O4. The first kappa shape index (κ1) is 16.2. The normalized spacial score (nSPS) is 21.4. The Morgan fingerprint density at radius 1 is 1.12 bits per heavy atom. The molecule has 0 aromatic heterocycles. The number of nitrogens with zero attached hydrogens (tertiary/aromatic N) is 3. The number of benzene rings is 1. The minimum atomic E-state index is -0.990. The van der Waals surface area contributed by atoms with E-state index in [1.807, 2.05) is 6.07 Å². The third kappa shape index (κ3) is 3.15. The van der Waals surface area contributed by atoms with Crippen LogP contribution >= 0.6 is 0 Å². The third-order valence-electron chi connectivity index (χ3n) is 4.33. The summed E-state index contributed by atoms with van der Waals surface area (Å²) in [4.78, 5) is 37.6. The molecule has 24 heavy (non-hydrogen) atoms. The SMILES string of the molecule is O=C(O)[C@H]1CCCCN1C(=O)C1=NN(c2ccccc2)C(=O)CC1. The van der Waals surface area contributed by atoms with Gasteiger partial charge in [0, 0.05) is 19.4 Å². The Kier molecular flexibility index (Phi) is 4.59. The monoisotopic (exact) mass is 329 g/mol. The molecule has 2 aliphatic rings. The topological polar surface area (TPSA) is 90.3 Å². The summed E-state index contributed by atoms with van der Waals surface area (Å²) in [5, 5.41) is 14.8. The van der Waals surface area contributed by atoms with Crippen molar-refractivity contribution in [1.82, 2.24) is 4.90 Å². The molecule has 2 aliphatic heterocycles. The van der Waals surface area contributed by atoms with Crippen molar-refractivity contribution >= 4 is 29.2 Å². The van der Waals surface area contributed by atoms with Crippen molar-refractivity contribution in [2.24, 2.45) is 5.10 Å². The number of carbonyl (C=O) groups excluding carboxylic acids is 2. The third-order valence-corrected chi connectivity index (χ3v) is 4.33. The van der Waals surface area contributed by atoms with Gasteiger partial charge < -0.3 is 10.0 Å². The van der Waals surface area contributed by atoms with E-state index in [0.29, 0.717) is 18.7 Å². The Morgan fingerprint density at radius 3 is 2.58 bits per heavy atom. The van der Waals surface area contributed by atoms with Gasteiger partial charge in [-0.05, 0) is 31.4 Å². The number of carboxylic acid groups (broad SMARTS) is 1. The summed E-state index contributed by atoms with van der Waals surface area (Å²) in [7, 11) is 0. The zero-order valence-corrected chi connectivity index (χ0v) is 13.2. The summed E-state index contributed by atoms with van der Waals surface area (Å²) in [5.41, 5.74) is 0.840. The Balaban J connectivity index is 1.86. The molecule has 1 fully saturated rings. The molecule has 0 aliphatic carbocycles. The van der Waals surface area contributed by atoms with Gasteiger partial charge in [0.2, 0.25) is 5.91 Å². The molecule has 126 valence electrons. The molecule has 0 radical (unpaired) electrons. The highest BCUT2D eigenvalue weighted by Crippen LogP contribution is 2.23. The standard InChI is InChI=1S/C17H19N3O4/c21-15-10-9-13(18-20(15)12-6-2-1-3-7-12)16(22)19-11-5-4-8-14(19)17(23)24/h1-3,6-7,14H,4-5,8-11H2,(H,23,24)/t14-/m1/s1. The lowest BCUT2D eigenvalue weighted by Gasteiger charge is -2.34. The Bertz CT molecular complexity index is 686. The number of rotatable bonds is 3. The summed E-state index contributed by atoms with van der Waals surface area (Å²) in [6, 6.07) is 8.10. The summed E-state index contributed by atoms with van der Waals surface area (Å²) in [6.45, 7) is 0.411. The molecule has 2 heterocycles. The smallest absolute Gasteiger partial charge is 0.326 e. The van der Waals surface area contributed by atoms with Crippen LogP contribution in [0.2, 0.25) is 0 Å². The van der Waals surface area contributed by atoms with Gasteiger partial charge in [-0.25, -0.2) is 9.80 Å². The Morgan fingerprint density at radius 2 is 1.88 bits per heavy atom. The maximum Gasteiger partial charge on any atom is 0.326 e. The number of hydrazone groups is 1. The molecule has 0 spiro atoms. The Labute approximate surface area is 139 Å². The van der Waals surface area contributed by atoms with Gasteiger partial charge in [0.05, 0.1) is 5.69 Å². The minimum absolute atomic E-state index is 0.175. The fourth-order valence-corrected chi connectivity index (χ4v) is 3.08. The number of hydrogen-bond donors (Lipinski definition) is 1. The lowest BCUT2D eigenvalue weighted by molar-refractivity contribution is -0.149. The van der Waals surface area contributed by atoms with E-state index in [-0.39, 0.29) is 30.4 Å². The molecule has 0 bridgehead atoms. The molecule has 3 rings (SSSR count). The number of carbonyl (C=O) groups is 3. The molecule has 1 atom stereocenters. The van der Waals surface area contributed by atoms with Crippen LogP contribution in [0.1, 0.15) is 32.1 Å². The van der Waals surface area contributed by atoms with Crippen molar-refractivity contribution in [3.05, 3.63) is 30.3 Å². The maximum atomic E-state index is 12.7. The van der Waals surface area contributed by atoms with E-state index in [0.717, 1.165) is 12.8 Å². The van der Waals surface area contributed by atoms with Crippen molar-refractivity contribution in [2.45, 2.75) is 38.1 Å². The van der Waals surface area contributed by atoms with Gasteiger partial charge in [-0.1, -0.05) is 18.2 Å². The average molecular weight is 329 g/mol. The highest BCUT2D eigenvalue weighted by molar-refractivity contribution is 6.40. The van der Waals surface area contributed by atoms with Crippen LogP contribution in [0.3, 0.4) is 0 Å². The first-order valence-corrected chi connectivity index (χ1v) is 8.07. The minimum Gasteiger partial charge on any atom is -0.480 e. The number of carboxylic acids is 1. The molecule has 0 unspecified atom stereocenters. The molecule has 7 heteroatoms. The van der Waals surface area contributed by atoms with Crippen LogP contribution in [0, 0.1) is 0 Å². The number of likely N-dealkylation sites (tertiary alicyclic amines) is 1. The predicted octanol–water partition coefficient (Wildman–Crippen LogP) is 1.64. The van der Waals surface area contributed by atoms with Crippen LogP contribution in [0.15, 0.2) is 35.4 Å². The molecule has 2 amide bonds. The predicted molar refractivity (Wildman–Crippen MR) is 87.6 cm³/mol. The molecule has 1 aromatic rings. The van der Waals surface area contributed by atoms with Crippen molar-refractivity contribution in [3.63, 3.8) is 0 Å². The van der Waals surface area contributed by atoms with E-state index in [9.17, 15) is 19.5 Å². The van der Waals surface area contributed by atoms with Crippen LogP contribution in [-0.4, -0.2) is 46.1 Å². The van der Waals surface area contributed by atoms with Gasteiger partial charge in [0.25, 0.3) is 5.91 Å². The van der Waals surface area contributed by atoms with E-state index in [4.69, 9.17) is 0 Å². The number of piperidine rings is 1. The first-order valence-electron chi connectivity index (χ1n) is 8.07. The molecular weight excluding hydrogens is 310 g/mol. The summed E-state index contributed by atoms with van der Waals surface area (Å²) in [5.74, 6) is -1.54. The molecule has 7 nitrogen and oxygen atoms in total. The van der Waals surface area contributed by atoms with Crippen molar-refractivity contribution in [1.29, 1.82) is 0 Å². The zero-order valence-electron chi connectivity index (χ0n) is 13.2. The van der Waals surface area contributed by atoms with Gasteiger partial charge >= 0.3 is 5.97 Å². The van der Waals surface area contributed by atoms with Crippen molar-refractivity contribution in [3.8, 4) is 0 Å². The van der Waals surface area contributed by atoms with Gasteiger partial charge in [0.1, 0.15) is 11.8 Å². The van der Waals surface area contributed by atoms with Crippen LogP contribution < -0.4 is 5.01 Å². The van der Waals surface area contributed by atoms with Crippen LogP contribution in [-0.2, 0) is 14.4 Å². The van der Waals surface area contributed by atoms with Crippen molar-refractivity contribution < 1.29 is 19.5 Å². The van der Waals surface area contributed by atoms with Crippen LogP contribution in [0.5, 0.6) is 0 Å². The largest absolute Gasteiger partial charge is 0.480 e. The fraction of sp³-hybridized carbons (Fsp3) is 0.412. The fourth-order valence-electron chi connectivity index (χ4n) is 3.08. The van der Waals surface area contributed by atoms with E-state index in [1.54, 1.807) is 24.3 Å². The van der Waals surface area contributed by atoms with Gasteiger partial charge in [-0.15, -0.1) is 0 Å². The maximum absolute atomic E-state index is 12.7. The summed E-state index contributed by atoms with van der Waals surface area (Å²) >= 11 is 0. The number of hydrogen-bond acceptors (Lipinski definition) is 4. The molecule has 1 N–H and O–H groups in total. The number of para-hydroxylation sites is 1. The second-order valence-corrected chi connectivity index (χ2v) is 5.94. The molecule has 1 saturated heterocycles. The second-order valence-electron chi connectivity index (χ2n) is 5.94. The summed E-state index contributed by atoms with van der Waals surface area (Å²) < 4.78 is 0. The lowest BCUT2D eigenvalue weighted by Crippen LogP contribution is -2.51. The zero-order chi connectivity index (χ0) is 17.1. The van der Waals surface area contributed by atoms with Crippen LogP contribution in [0.4, 0.5) is 5.69 Å². The molecule has 1 aromatic carbocycles. The number of aliphatic carboxylic acids is 1. The van der Waals surface area contributed by atoms with E-state index >= 15 is 0 Å².